The molecule has 8 heteroatoms. The monoisotopic (exact) mass is 475 g/mol. The molecule has 0 bridgehead atoms. The van der Waals surface area contributed by atoms with E-state index < -0.39 is 0 Å². The minimum absolute atomic E-state index is 0. The third kappa shape index (κ3) is 5.85. The Morgan fingerprint density at radius 2 is 2.16 bits per heavy atom. The fraction of sp³-hybridized carbons (Fsp3) is 0.471. The van der Waals surface area contributed by atoms with Crippen molar-refractivity contribution in [1.29, 1.82) is 0 Å². The standard InChI is InChI=1S/C17H22ClN5O.HI/c1-19-17(21-14-7-2-3-8-14)20-10-9-15-22-16(23-24-15)12-5-4-6-13(18)11-12;/h4-6,11,14H,2-3,7-10H2,1H3,(H2,19,20,21);1H. The van der Waals surface area contributed by atoms with Crippen molar-refractivity contribution in [1.82, 2.24) is 20.8 Å². The Kier molecular flexibility index (Phi) is 7.95. The van der Waals surface area contributed by atoms with Crippen molar-refractivity contribution in [2.75, 3.05) is 13.6 Å². The summed E-state index contributed by atoms with van der Waals surface area (Å²) in [5.41, 5.74) is 0.851. The highest BCUT2D eigenvalue weighted by atomic mass is 127. The van der Waals surface area contributed by atoms with Gasteiger partial charge < -0.3 is 15.2 Å². The third-order valence-corrected chi connectivity index (χ3v) is 4.34. The largest absolute Gasteiger partial charge is 0.356 e. The topological polar surface area (TPSA) is 75.3 Å². The van der Waals surface area contributed by atoms with Crippen molar-refractivity contribution in [2.24, 2.45) is 4.99 Å². The smallest absolute Gasteiger partial charge is 0.228 e. The molecular weight excluding hydrogens is 453 g/mol. The second-order valence-electron chi connectivity index (χ2n) is 5.90. The summed E-state index contributed by atoms with van der Waals surface area (Å²) in [5, 5.41) is 11.4. The normalized spacial score (nSPS) is 15.0. The molecule has 0 unspecified atom stereocenters. The van der Waals surface area contributed by atoms with Crippen LogP contribution in [0.2, 0.25) is 5.02 Å². The molecule has 1 aromatic carbocycles. The zero-order valence-electron chi connectivity index (χ0n) is 14.2. The molecule has 1 aromatic heterocycles. The van der Waals surface area contributed by atoms with E-state index in [1.54, 1.807) is 7.05 Å². The molecule has 1 aliphatic carbocycles. The molecule has 136 valence electrons. The molecule has 1 saturated carbocycles. The lowest BCUT2D eigenvalue weighted by atomic mass is 10.2. The molecular formula is C17H23ClIN5O. The molecule has 0 radical (unpaired) electrons. The number of guanidine groups is 1. The fourth-order valence-electron chi connectivity index (χ4n) is 2.85. The van der Waals surface area contributed by atoms with Gasteiger partial charge in [0.1, 0.15) is 0 Å². The van der Waals surface area contributed by atoms with Crippen molar-refractivity contribution >= 4 is 41.5 Å². The van der Waals surface area contributed by atoms with Crippen molar-refractivity contribution in [3.05, 3.63) is 35.2 Å². The van der Waals surface area contributed by atoms with Crippen LogP contribution in [0.25, 0.3) is 11.4 Å². The first kappa shape index (κ1) is 20.0. The van der Waals surface area contributed by atoms with Crippen LogP contribution < -0.4 is 10.6 Å². The number of halogens is 2. The molecule has 0 aliphatic heterocycles. The highest BCUT2D eigenvalue weighted by Crippen LogP contribution is 2.20. The Morgan fingerprint density at radius 1 is 1.36 bits per heavy atom. The van der Waals surface area contributed by atoms with Crippen LogP contribution in [0.5, 0.6) is 0 Å². The number of nitrogens with zero attached hydrogens (tertiary/aromatic N) is 3. The van der Waals surface area contributed by atoms with E-state index in [4.69, 9.17) is 16.1 Å². The summed E-state index contributed by atoms with van der Waals surface area (Å²) in [6, 6.07) is 7.95. The quantitative estimate of drug-likeness (QED) is 0.392. The number of hydrogen-bond acceptors (Lipinski definition) is 4. The third-order valence-electron chi connectivity index (χ3n) is 4.10. The Hall–Kier alpha value is -1.35. The van der Waals surface area contributed by atoms with Gasteiger partial charge in [-0.2, -0.15) is 4.98 Å². The Morgan fingerprint density at radius 3 is 2.88 bits per heavy atom. The van der Waals surface area contributed by atoms with Gasteiger partial charge in [0.25, 0.3) is 0 Å². The average molecular weight is 476 g/mol. The van der Waals surface area contributed by atoms with Crippen LogP contribution in [0.1, 0.15) is 31.6 Å². The maximum atomic E-state index is 5.99. The number of aliphatic imine (C=N–C) groups is 1. The van der Waals surface area contributed by atoms with Gasteiger partial charge in [0.05, 0.1) is 0 Å². The highest BCUT2D eigenvalue weighted by molar-refractivity contribution is 14.0. The minimum atomic E-state index is 0. The van der Waals surface area contributed by atoms with E-state index in [0.717, 1.165) is 11.5 Å². The molecule has 0 spiro atoms. The fourth-order valence-corrected chi connectivity index (χ4v) is 3.04. The first-order valence-electron chi connectivity index (χ1n) is 8.30. The first-order chi connectivity index (χ1) is 11.7. The number of rotatable bonds is 5. The van der Waals surface area contributed by atoms with Gasteiger partial charge in [0.15, 0.2) is 5.96 Å². The van der Waals surface area contributed by atoms with Crippen LogP contribution in [0, 0.1) is 0 Å². The lowest BCUT2D eigenvalue weighted by molar-refractivity contribution is 0.378. The maximum Gasteiger partial charge on any atom is 0.228 e. The highest BCUT2D eigenvalue weighted by Gasteiger charge is 2.16. The van der Waals surface area contributed by atoms with E-state index in [0.29, 0.717) is 35.7 Å². The van der Waals surface area contributed by atoms with E-state index >= 15 is 0 Å². The van der Waals surface area contributed by atoms with Gasteiger partial charge in [-0.1, -0.05) is 41.7 Å². The molecule has 0 saturated heterocycles. The van der Waals surface area contributed by atoms with Crippen LogP contribution in [0.4, 0.5) is 0 Å². The van der Waals surface area contributed by atoms with Crippen molar-refractivity contribution in [2.45, 2.75) is 38.1 Å². The Balaban J connectivity index is 0.00000225. The summed E-state index contributed by atoms with van der Waals surface area (Å²) >= 11 is 5.99. The van der Waals surface area contributed by atoms with Gasteiger partial charge in [0.2, 0.25) is 11.7 Å². The molecule has 25 heavy (non-hydrogen) atoms. The van der Waals surface area contributed by atoms with Gasteiger partial charge in [-0.15, -0.1) is 24.0 Å². The predicted molar refractivity (Wildman–Crippen MR) is 111 cm³/mol. The predicted octanol–water partition coefficient (Wildman–Crippen LogP) is 3.66. The zero-order chi connectivity index (χ0) is 16.8. The summed E-state index contributed by atoms with van der Waals surface area (Å²) in [6.07, 6.45) is 5.66. The van der Waals surface area contributed by atoms with Gasteiger partial charge >= 0.3 is 0 Å². The van der Waals surface area contributed by atoms with Crippen LogP contribution in [-0.2, 0) is 6.42 Å². The lowest BCUT2D eigenvalue weighted by Crippen LogP contribution is -2.43. The molecule has 0 atom stereocenters. The molecule has 1 aliphatic rings. The average Bonchev–Trinajstić information content (AvgIpc) is 3.25. The van der Waals surface area contributed by atoms with Crippen LogP contribution in [-0.4, -0.2) is 35.7 Å². The van der Waals surface area contributed by atoms with E-state index in [-0.39, 0.29) is 24.0 Å². The minimum Gasteiger partial charge on any atom is -0.356 e. The first-order valence-corrected chi connectivity index (χ1v) is 8.68. The van der Waals surface area contributed by atoms with Crippen LogP contribution >= 0.6 is 35.6 Å². The molecule has 3 rings (SSSR count). The van der Waals surface area contributed by atoms with Crippen LogP contribution in [0.3, 0.4) is 0 Å². The second kappa shape index (κ2) is 9.96. The molecule has 1 heterocycles. The molecule has 1 fully saturated rings. The SMILES string of the molecule is CN=C(NCCc1nc(-c2cccc(Cl)c2)no1)NC1CCCC1.I. The Bertz CT molecular complexity index is 700. The Labute approximate surface area is 169 Å². The number of aromatic nitrogens is 2. The summed E-state index contributed by atoms with van der Waals surface area (Å²) in [5.74, 6) is 1.98. The van der Waals surface area contributed by atoms with E-state index in [2.05, 4.69) is 25.8 Å². The number of nitrogens with one attached hydrogen (secondary N) is 2. The van der Waals surface area contributed by atoms with Crippen LogP contribution in [0.15, 0.2) is 33.8 Å². The summed E-state index contributed by atoms with van der Waals surface area (Å²) in [4.78, 5) is 8.67. The van der Waals surface area contributed by atoms with E-state index in [1.807, 2.05) is 24.3 Å². The summed E-state index contributed by atoms with van der Waals surface area (Å²) in [7, 11) is 1.79. The van der Waals surface area contributed by atoms with E-state index in [9.17, 15) is 0 Å². The summed E-state index contributed by atoms with van der Waals surface area (Å²) in [6.45, 7) is 0.684. The van der Waals surface area contributed by atoms with Gasteiger partial charge in [-0.05, 0) is 25.0 Å². The van der Waals surface area contributed by atoms with Gasteiger partial charge in [-0.3, -0.25) is 4.99 Å². The van der Waals surface area contributed by atoms with Gasteiger partial charge in [-0.25, -0.2) is 0 Å². The molecule has 0 amide bonds. The zero-order valence-corrected chi connectivity index (χ0v) is 17.3. The number of hydrogen-bond donors (Lipinski definition) is 2. The molecule has 2 aromatic rings. The summed E-state index contributed by atoms with van der Waals surface area (Å²) < 4.78 is 5.30. The van der Waals surface area contributed by atoms with Crippen molar-refractivity contribution in [3.63, 3.8) is 0 Å². The van der Waals surface area contributed by atoms with Crippen molar-refractivity contribution in [3.8, 4) is 11.4 Å². The van der Waals surface area contributed by atoms with Crippen molar-refractivity contribution < 1.29 is 4.52 Å². The lowest BCUT2D eigenvalue weighted by Gasteiger charge is -2.16. The number of benzene rings is 1. The molecule has 6 nitrogen and oxygen atoms in total. The van der Waals surface area contributed by atoms with Gasteiger partial charge in [0, 0.05) is 36.6 Å². The van der Waals surface area contributed by atoms with E-state index in [1.165, 1.54) is 25.7 Å². The molecule has 2 N–H and O–H groups in total. The maximum absolute atomic E-state index is 5.99. The second-order valence-corrected chi connectivity index (χ2v) is 6.33.